The van der Waals surface area contributed by atoms with Gasteiger partial charge in [-0.1, -0.05) is 56.3 Å². The molecule has 0 bridgehead atoms. The van der Waals surface area contributed by atoms with E-state index in [0.29, 0.717) is 18.7 Å². The summed E-state index contributed by atoms with van der Waals surface area (Å²) < 4.78 is 5.23. The van der Waals surface area contributed by atoms with Crippen molar-refractivity contribution in [2.75, 3.05) is 12.9 Å². The highest BCUT2D eigenvalue weighted by Gasteiger charge is 2.29. The van der Waals surface area contributed by atoms with E-state index in [-0.39, 0.29) is 17.9 Å². The molecule has 0 aromatic heterocycles. The van der Waals surface area contributed by atoms with Gasteiger partial charge in [0.15, 0.2) is 0 Å². The first-order chi connectivity index (χ1) is 15.0. The molecule has 0 saturated carbocycles. The average molecular weight is 443 g/mol. The fraction of sp³-hybridized carbons (Fsp3) is 0.440. The molecule has 2 rings (SSSR count). The van der Waals surface area contributed by atoms with E-state index in [0.717, 1.165) is 23.5 Å². The maximum atomic E-state index is 13.2. The molecule has 6 heteroatoms. The second-order valence-corrected chi connectivity index (χ2v) is 8.58. The summed E-state index contributed by atoms with van der Waals surface area (Å²) in [6, 6.07) is 17.3. The van der Waals surface area contributed by atoms with Gasteiger partial charge in [-0.3, -0.25) is 9.59 Å². The molecule has 168 valence electrons. The molecule has 0 spiro atoms. The molecule has 0 aliphatic heterocycles. The monoisotopic (exact) mass is 442 g/mol. The topological polar surface area (TPSA) is 58.6 Å². The first kappa shape index (κ1) is 24.8. The highest BCUT2D eigenvalue weighted by atomic mass is 32.2. The maximum Gasteiger partial charge on any atom is 0.243 e. The molecule has 0 aliphatic rings. The summed E-state index contributed by atoms with van der Waals surface area (Å²) in [4.78, 5) is 27.9. The number of hydrogen-bond acceptors (Lipinski definition) is 4. The van der Waals surface area contributed by atoms with Gasteiger partial charge in [0.1, 0.15) is 11.8 Å². The quantitative estimate of drug-likeness (QED) is 0.520. The molecule has 2 aromatic carbocycles. The van der Waals surface area contributed by atoms with E-state index in [4.69, 9.17) is 4.74 Å². The normalized spacial score (nSPS) is 12.6. The van der Waals surface area contributed by atoms with Gasteiger partial charge in [0.05, 0.1) is 12.9 Å². The summed E-state index contributed by atoms with van der Waals surface area (Å²) in [5.74, 6) is 1.74. The van der Waals surface area contributed by atoms with Crippen LogP contribution in [0.15, 0.2) is 54.6 Å². The summed E-state index contributed by atoms with van der Waals surface area (Å²) in [5, 5.41) is 3.04. The molecule has 5 nitrogen and oxygen atoms in total. The minimum atomic E-state index is -0.499. The Morgan fingerprint density at radius 2 is 1.68 bits per heavy atom. The SMILES string of the molecule is CCC(C)NC(=O)C(CC)N(Cc1ccc(OC)cc1)C(=O)CSCc1ccccc1. The Balaban J connectivity index is 2.13. The third-order valence-electron chi connectivity index (χ3n) is 5.24. The lowest BCUT2D eigenvalue weighted by Gasteiger charge is -2.31. The van der Waals surface area contributed by atoms with E-state index >= 15 is 0 Å². The predicted molar refractivity (Wildman–Crippen MR) is 128 cm³/mol. The first-order valence-electron chi connectivity index (χ1n) is 10.8. The standard InChI is InChI=1S/C25H34N2O3S/c1-5-19(3)26-25(29)23(6-2)27(16-20-12-14-22(30-4)15-13-20)24(28)18-31-17-21-10-8-7-9-11-21/h7-15,19,23H,5-6,16-18H2,1-4H3,(H,26,29). The second kappa shape index (κ2) is 13.1. The molecule has 2 atom stereocenters. The van der Waals surface area contributed by atoms with Gasteiger partial charge < -0.3 is 15.0 Å². The highest BCUT2D eigenvalue weighted by molar-refractivity contribution is 7.99. The summed E-state index contributed by atoms with van der Waals surface area (Å²) in [7, 11) is 1.63. The number of hydrogen-bond donors (Lipinski definition) is 1. The molecule has 0 fully saturated rings. The molecule has 31 heavy (non-hydrogen) atoms. The fourth-order valence-corrected chi connectivity index (χ4v) is 4.07. The molecule has 1 N–H and O–H groups in total. The molecule has 0 heterocycles. The highest BCUT2D eigenvalue weighted by Crippen LogP contribution is 2.19. The van der Waals surface area contributed by atoms with Crippen LogP contribution in [0.3, 0.4) is 0 Å². The van der Waals surface area contributed by atoms with E-state index in [1.807, 2.05) is 63.2 Å². The third-order valence-corrected chi connectivity index (χ3v) is 6.22. The minimum Gasteiger partial charge on any atom is -0.497 e. The predicted octanol–water partition coefficient (Wildman–Crippen LogP) is 4.65. The largest absolute Gasteiger partial charge is 0.497 e. The Hall–Kier alpha value is -2.47. The molecular weight excluding hydrogens is 408 g/mol. The van der Waals surface area contributed by atoms with Crippen molar-refractivity contribution >= 4 is 23.6 Å². The Bertz CT molecular complexity index is 811. The lowest BCUT2D eigenvalue weighted by molar-refractivity contribution is -0.139. The van der Waals surface area contributed by atoms with Crippen molar-refractivity contribution in [2.24, 2.45) is 0 Å². The molecule has 0 radical (unpaired) electrons. The number of carbonyl (C=O) groups is 2. The second-order valence-electron chi connectivity index (χ2n) is 7.59. The number of amides is 2. The Labute approximate surface area is 190 Å². The third kappa shape index (κ3) is 7.94. The number of benzene rings is 2. The minimum absolute atomic E-state index is 0.0251. The van der Waals surface area contributed by atoms with Gasteiger partial charge in [-0.2, -0.15) is 0 Å². The van der Waals surface area contributed by atoms with Crippen LogP contribution in [0.1, 0.15) is 44.7 Å². The number of ether oxygens (including phenoxy) is 1. The van der Waals surface area contributed by atoms with E-state index < -0.39 is 6.04 Å². The number of nitrogens with zero attached hydrogens (tertiary/aromatic N) is 1. The van der Waals surface area contributed by atoms with E-state index in [1.165, 1.54) is 5.56 Å². The van der Waals surface area contributed by atoms with Crippen LogP contribution in [0.25, 0.3) is 0 Å². The summed E-state index contributed by atoms with van der Waals surface area (Å²) in [5.41, 5.74) is 2.15. The van der Waals surface area contributed by atoms with Crippen LogP contribution < -0.4 is 10.1 Å². The zero-order chi connectivity index (χ0) is 22.6. The lowest BCUT2D eigenvalue weighted by atomic mass is 10.1. The Morgan fingerprint density at radius 3 is 2.26 bits per heavy atom. The number of carbonyl (C=O) groups excluding carboxylic acids is 2. The van der Waals surface area contributed by atoms with Crippen molar-refractivity contribution in [3.8, 4) is 5.75 Å². The maximum absolute atomic E-state index is 13.2. The molecule has 2 amide bonds. The summed E-state index contributed by atoms with van der Waals surface area (Å²) in [6.07, 6.45) is 1.41. The van der Waals surface area contributed by atoms with Gasteiger partial charge in [0.25, 0.3) is 0 Å². The number of rotatable bonds is 12. The van der Waals surface area contributed by atoms with Gasteiger partial charge in [0.2, 0.25) is 11.8 Å². The molecule has 0 aliphatic carbocycles. The van der Waals surface area contributed by atoms with Crippen LogP contribution in [0, 0.1) is 0 Å². The van der Waals surface area contributed by atoms with Crippen LogP contribution in [0.2, 0.25) is 0 Å². The molecule has 2 aromatic rings. The molecule has 0 saturated heterocycles. The average Bonchev–Trinajstić information content (AvgIpc) is 2.79. The van der Waals surface area contributed by atoms with Crippen molar-refractivity contribution in [1.29, 1.82) is 0 Å². The zero-order valence-corrected chi connectivity index (χ0v) is 19.8. The van der Waals surface area contributed by atoms with Crippen molar-refractivity contribution in [2.45, 2.75) is 58.0 Å². The molecule has 2 unspecified atom stereocenters. The summed E-state index contributed by atoms with van der Waals surface area (Å²) in [6.45, 7) is 6.36. The van der Waals surface area contributed by atoms with Crippen LogP contribution in [-0.2, 0) is 21.9 Å². The van der Waals surface area contributed by atoms with Gasteiger partial charge in [-0.25, -0.2) is 0 Å². The smallest absolute Gasteiger partial charge is 0.243 e. The fourth-order valence-electron chi connectivity index (χ4n) is 3.20. The lowest BCUT2D eigenvalue weighted by Crippen LogP contribution is -2.51. The molecular formula is C25H34N2O3S. The summed E-state index contributed by atoms with van der Waals surface area (Å²) >= 11 is 1.57. The van der Waals surface area contributed by atoms with Gasteiger partial charge in [-0.05, 0) is 43.0 Å². The van der Waals surface area contributed by atoms with Crippen LogP contribution in [0.5, 0.6) is 5.75 Å². The van der Waals surface area contributed by atoms with Crippen molar-refractivity contribution < 1.29 is 14.3 Å². The van der Waals surface area contributed by atoms with E-state index in [1.54, 1.807) is 23.8 Å². The number of methoxy groups -OCH3 is 1. The van der Waals surface area contributed by atoms with Crippen LogP contribution >= 0.6 is 11.8 Å². The van der Waals surface area contributed by atoms with Crippen LogP contribution in [0.4, 0.5) is 0 Å². The number of thioether (sulfide) groups is 1. The Kier molecular flexibility index (Phi) is 10.4. The van der Waals surface area contributed by atoms with E-state index in [9.17, 15) is 9.59 Å². The first-order valence-corrected chi connectivity index (χ1v) is 12.0. The van der Waals surface area contributed by atoms with Crippen LogP contribution in [-0.4, -0.2) is 41.7 Å². The van der Waals surface area contributed by atoms with Crippen molar-refractivity contribution in [3.05, 3.63) is 65.7 Å². The van der Waals surface area contributed by atoms with Gasteiger partial charge in [0, 0.05) is 18.3 Å². The zero-order valence-electron chi connectivity index (χ0n) is 19.0. The van der Waals surface area contributed by atoms with Crippen molar-refractivity contribution in [3.63, 3.8) is 0 Å². The van der Waals surface area contributed by atoms with E-state index in [2.05, 4.69) is 17.4 Å². The van der Waals surface area contributed by atoms with Crippen molar-refractivity contribution in [1.82, 2.24) is 10.2 Å². The number of nitrogens with one attached hydrogen (secondary N) is 1. The Morgan fingerprint density at radius 1 is 1.00 bits per heavy atom. The van der Waals surface area contributed by atoms with Gasteiger partial charge in [-0.15, -0.1) is 11.8 Å². The van der Waals surface area contributed by atoms with Gasteiger partial charge >= 0.3 is 0 Å².